The highest BCUT2D eigenvalue weighted by atomic mass is 16.2. The van der Waals surface area contributed by atoms with Gasteiger partial charge in [-0.15, -0.1) is 10.2 Å². The number of hydrogen-bond acceptors (Lipinski definition) is 5. The normalized spacial score (nSPS) is 26.2. The summed E-state index contributed by atoms with van der Waals surface area (Å²) in [6.07, 6.45) is 3.83. The Morgan fingerprint density at radius 1 is 1.28 bits per heavy atom. The summed E-state index contributed by atoms with van der Waals surface area (Å²) in [5.74, 6) is 7.06. The zero-order valence-electron chi connectivity index (χ0n) is 10.2. The molecule has 2 fully saturated rings. The average molecular weight is 247 g/mol. The van der Waals surface area contributed by atoms with Crippen LogP contribution in [0.25, 0.3) is 0 Å². The minimum atomic E-state index is -0.0135. The second-order valence-corrected chi connectivity index (χ2v) is 5.11. The maximum atomic E-state index is 12.2. The molecule has 1 saturated heterocycles. The number of fused-ring (bicyclic) bond motifs is 1. The molecule has 2 aliphatic rings. The van der Waals surface area contributed by atoms with Crippen molar-refractivity contribution in [3.8, 4) is 0 Å². The summed E-state index contributed by atoms with van der Waals surface area (Å²) in [5, 5.41) is 7.73. The smallest absolute Gasteiger partial charge is 0.274 e. The molecule has 2 heterocycles. The lowest BCUT2D eigenvalue weighted by molar-refractivity contribution is 0.0773. The van der Waals surface area contributed by atoms with Gasteiger partial charge in [-0.05, 0) is 36.8 Å². The van der Waals surface area contributed by atoms with Crippen molar-refractivity contribution in [2.24, 2.45) is 17.7 Å². The summed E-state index contributed by atoms with van der Waals surface area (Å²) >= 11 is 0. The van der Waals surface area contributed by atoms with Gasteiger partial charge in [0.2, 0.25) is 0 Å². The molecule has 1 aromatic heterocycles. The number of carbonyl (C=O) groups excluding carboxylic acids is 1. The summed E-state index contributed by atoms with van der Waals surface area (Å²) in [7, 11) is 0. The van der Waals surface area contributed by atoms with Crippen molar-refractivity contribution in [1.82, 2.24) is 15.1 Å². The number of nitrogens with zero attached hydrogens (tertiary/aromatic N) is 3. The van der Waals surface area contributed by atoms with Gasteiger partial charge in [-0.25, -0.2) is 5.84 Å². The van der Waals surface area contributed by atoms with Gasteiger partial charge >= 0.3 is 0 Å². The minimum absolute atomic E-state index is 0.0135. The Bertz CT molecular complexity index is 434. The number of likely N-dealkylation sites (tertiary alicyclic amines) is 1. The Balaban J connectivity index is 1.70. The minimum Gasteiger partial charge on any atom is -0.337 e. The molecule has 0 radical (unpaired) electrons. The van der Waals surface area contributed by atoms with Crippen LogP contribution in [0.5, 0.6) is 0 Å². The van der Waals surface area contributed by atoms with E-state index in [1.807, 2.05) is 4.90 Å². The van der Waals surface area contributed by atoms with Crippen molar-refractivity contribution < 1.29 is 4.79 Å². The molecule has 6 nitrogen and oxygen atoms in total. The number of anilines is 1. The summed E-state index contributed by atoms with van der Waals surface area (Å²) in [5.41, 5.74) is 2.79. The highest BCUT2D eigenvalue weighted by Gasteiger charge is 2.38. The lowest BCUT2D eigenvalue weighted by Gasteiger charge is -2.16. The van der Waals surface area contributed by atoms with Crippen LogP contribution in [-0.4, -0.2) is 34.1 Å². The van der Waals surface area contributed by atoms with Crippen LogP contribution in [-0.2, 0) is 0 Å². The summed E-state index contributed by atoms with van der Waals surface area (Å²) < 4.78 is 0. The van der Waals surface area contributed by atoms with E-state index in [1.54, 1.807) is 12.1 Å². The summed E-state index contributed by atoms with van der Waals surface area (Å²) in [4.78, 5) is 14.2. The summed E-state index contributed by atoms with van der Waals surface area (Å²) in [6.45, 7) is 1.75. The van der Waals surface area contributed by atoms with Crippen molar-refractivity contribution in [3.05, 3.63) is 17.8 Å². The van der Waals surface area contributed by atoms with Crippen molar-refractivity contribution in [1.29, 1.82) is 0 Å². The molecule has 2 atom stereocenters. The number of hydrogen-bond donors (Lipinski definition) is 2. The first-order chi connectivity index (χ1) is 8.78. The molecule has 0 aromatic carbocycles. The van der Waals surface area contributed by atoms with Gasteiger partial charge in [-0.1, -0.05) is 6.42 Å². The molecule has 96 valence electrons. The second-order valence-electron chi connectivity index (χ2n) is 5.11. The predicted octanol–water partition coefficient (Wildman–Crippen LogP) is 0.634. The van der Waals surface area contributed by atoms with Gasteiger partial charge in [0, 0.05) is 13.1 Å². The molecular weight excluding hydrogens is 230 g/mol. The standard InChI is InChI=1S/C12H17N5O/c13-14-11-5-4-10(15-16-11)12(18)17-6-8-2-1-3-9(8)7-17/h4-5,8-9H,1-3,6-7,13H2,(H,14,16). The SMILES string of the molecule is NNc1ccc(C(=O)N2CC3CCCC3C2)nn1. The monoisotopic (exact) mass is 247 g/mol. The lowest BCUT2D eigenvalue weighted by atomic mass is 10.0. The van der Waals surface area contributed by atoms with Gasteiger partial charge in [0.05, 0.1) is 0 Å². The molecule has 1 aliphatic carbocycles. The van der Waals surface area contributed by atoms with Crippen LogP contribution >= 0.6 is 0 Å². The summed E-state index contributed by atoms with van der Waals surface area (Å²) in [6, 6.07) is 3.33. The van der Waals surface area contributed by atoms with Crippen LogP contribution in [0.2, 0.25) is 0 Å². The second kappa shape index (κ2) is 4.53. The van der Waals surface area contributed by atoms with E-state index in [0.29, 0.717) is 23.3 Å². The Morgan fingerprint density at radius 2 is 2.00 bits per heavy atom. The first-order valence-electron chi connectivity index (χ1n) is 6.37. The highest BCUT2D eigenvalue weighted by molar-refractivity contribution is 5.92. The zero-order valence-corrected chi connectivity index (χ0v) is 10.2. The molecule has 1 amide bonds. The number of rotatable bonds is 2. The molecule has 3 rings (SSSR count). The van der Waals surface area contributed by atoms with E-state index >= 15 is 0 Å². The number of nitrogens with two attached hydrogens (primary N) is 1. The van der Waals surface area contributed by atoms with Gasteiger partial charge in [0.1, 0.15) is 0 Å². The van der Waals surface area contributed by atoms with Crippen molar-refractivity contribution >= 4 is 11.7 Å². The van der Waals surface area contributed by atoms with E-state index < -0.39 is 0 Å². The first-order valence-corrected chi connectivity index (χ1v) is 6.37. The van der Waals surface area contributed by atoms with Gasteiger partial charge in [0.25, 0.3) is 5.91 Å². The van der Waals surface area contributed by atoms with Gasteiger partial charge < -0.3 is 10.3 Å². The zero-order chi connectivity index (χ0) is 12.5. The molecular formula is C12H17N5O. The van der Waals surface area contributed by atoms with E-state index in [2.05, 4.69) is 15.6 Å². The van der Waals surface area contributed by atoms with Crippen molar-refractivity contribution in [2.75, 3.05) is 18.5 Å². The van der Waals surface area contributed by atoms with Gasteiger partial charge in [-0.3, -0.25) is 4.79 Å². The first kappa shape index (κ1) is 11.4. The maximum absolute atomic E-state index is 12.2. The van der Waals surface area contributed by atoms with E-state index in [-0.39, 0.29) is 5.91 Å². The molecule has 2 unspecified atom stereocenters. The fraction of sp³-hybridized carbons (Fsp3) is 0.583. The Morgan fingerprint density at radius 3 is 2.56 bits per heavy atom. The molecule has 0 spiro atoms. The third-order valence-electron chi connectivity index (χ3n) is 4.05. The maximum Gasteiger partial charge on any atom is 0.274 e. The third-order valence-corrected chi connectivity index (χ3v) is 4.05. The Hall–Kier alpha value is -1.69. The van der Waals surface area contributed by atoms with E-state index in [4.69, 9.17) is 5.84 Å². The number of amides is 1. The number of nitrogens with one attached hydrogen (secondary N) is 1. The van der Waals surface area contributed by atoms with E-state index in [9.17, 15) is 4.79 Å². The third kappa shape index (κ3) is 1.92. The van der Waals surface area contributed by atoms with Gasteiger partial charge in [0.15, 0.2) is 11.5 Å². The number of hydrazine groups is 1. The van der Waals surface area contributed by atoms with Crippen LogP contribution in [0, 0.1) is 11.8 Å². The molecule has 3 N–H and O–H groups in total. The molecule has 0 bridgehead atoms. The van der Waals surface area contributed by atoms with Crippen LogP contribution < -0.4 is 11.3 Å². The van der Waals surface area contributed by atoms with Crippen LogP contribution in [0.15, 0.2) is 12.1 Å². The molecule has 1 aliphatic heterocycles. The van der Waals surface area contributed by atoms with Crippen molar-refractivity contribution in [2.45, 2.75) is 19.3 Å². The Labute approximate surface area is 106 Å². The topological polar surface area (TPSA) is 84.1 Å². The largest absolute Gasteiger partial charge is 0.337 e. The number of carbonyl (C=O) groups is 1. The molecule has 1 aromatic rings. The quantitative estimate of drug-likeness (QED) is 0.591. The fourth-order valence-electron chi connectivity index (χ4n) is 3.09. The van der Waals surface area contributed by atoms with E-state index in [0.717, 1.165) is 13.1 Å². The van der Waals surface area contributed by atoms with Crippen LogP contribution in [0.1, 0.15) is 29.8 Å². The molecule has 18 heavy (non-hydrogen) atoms. The Kier molecular flexibility index (Phi) is 2.87. The fourth-order valence-corrected chi connectivity index (χ4v) is 3.09. The van der Waals surface area contributed by atoms with Gasteiger partial charge in [-0.2, -0.15) is 0 Å². The lowest BCUT2D eigenvalue weighted by Crippen LogP contribution is -2.30. The van der Waals surface area contributed by atoms with Crippen LogP contribution in [0.4, 0.5) is 5.82 Å². The molecule has 6 heteroatoms. The van der Waals surface area contributed by atoms with Crippen molar-refractivity contribution in [3.63, 3.8) is 0 Å². The number of nitrogen functional groups attached to an aromatic ring is 1. The molecule has 1 saturated carbocycles. The predicted molar refractivity (Wildman–Crippen MR) is 66.6 cm³/mol. The highest BCUT2D eigenvalue weighted by Crippen LogP contribution is 2.37. The van der Waals surface area contributed by atoms with Crippen LogP contribution in [0.3, 0.4) is 0 Å². The number of aromatic nitrogens is 2. The average Bonchev–Trinajstić information content (AvgIpc) is 2.99. The van der Waals surface area contributed by atoms with E-state index in [1.165, 1.54) is 19.3 Å².